The predicted octanol–water partition coefficient (Wildman–Crippen LogP) is 2.14. The van der Waals surface area contributed by atoms with Gasteiger partial charge in [-0.2, -0.15) is 0 Å². The Morgan fingerprint density at radius 2 is 2.29 bits per heavy atom. The molecule has 0 spiro atoms. The third kappa shape index (κ3) is 1.30. The van der Waals surface area contributed by atoms with E-state index in [1.54, 1.807) is 0 Å². The Morgan fingerprint density at radius 1 is 1.57 bits per heavy atom. The van der Waals surface area contributed by atoms with Crippen LogP contribution in [0.5, 0.6) is 0 Å². The van der Waals surface area contributed by atoms with Crippen molar-refractivity contribution in [3.63, 3.8) is 0 Å². The molecule has 0 radical (unpaired) electrons. The van der Waals surface area contributed by atoms with Gasteiger partial charge in [0.25, 0.3) is 0 Å². The van der Waals surface area contributed by atoms with Crippen LogP contribution in [0.15, 0.2) is 12.1 Å². The number of rotatable bonds is 1. The monoisotopic (exact) mass is 210 g/mol. The van der Waals surface area contributed by atoms with Gasteiger partial charge in [0, 0.05) is 42.3 Å². The number of halogens is 1. The Balaban J connectivity index is 2.60. The largest absolute Gasteiger partial charge is 0.373 e. The van der Waals surface area contributed by atoms with Gasteiger partial charge >= 0.3 is 0 Å². The summed E-state index contributed by atoms with van der Waals surface area (Å²) in [7, 11) is 2.10. The summed E-state index contributed by atoms with van der Waals surface area (Å²) in [5.74, 6) is 0.391. The topological polar surface area (TPSA) is 29.3 Å². The molecule has 14 heavy (non-hydrogen) atoms. The van der Waals surface area contributed by atoms with E-state index in [-0.39, 0.29) is 0 Å². The van der Waals surface area contributed by atoms with E-state index in [0.717, 1.165) is 11.6 Å². The number of nitrogens with zero attached hydrogens (tertiary/aromatic N) is 1. The molecule has 0 bridgehead atoms. The lowest BCUT2D eigenvalue weighted by atomic mass is 9.99. The van der Waals surface area contributed by atoms with E-state index < -0.39 is 0 Å². The van der Waals surface area contributed by atoms with Crippen molar-refractivity contribution < 1.29 is 0 Å². The van der Waals surface area contributed by atoms with Crippen LogP contribution >= 0.6 is 11.6 Å². The van der Waals surface area contributed by atoms with E-state index in [2.05, 4.69) is 24.9 Å². The van der Waals surface area contributed by atoms with Crippen molar-refractivity contribution >= 4 is 17.3 Å². The molecular weight excluding hydrogens is 196 g/mol. The first-order valence-electron chi connectivity index (χ1n) is 4.85. The number of hydrogen-bond acceptors (Lipinski definition) is 2. The Morgan fingerprint density at radius 3 is 2.93 bits per heavy atom. The lowest BCUT2D eigenvalue weighted by molar-refractivity contribution is 0.730. The van der Waals surface area contributed by atoms with Gasteiger partial charge in [-0.1, -0.05) is 17.7 Å². The Labute approximate surface area is 89.7 Å². The van der Waals surface area contributed by atoms with Crippen molar-refractivity contribution in [2.45, 2.75) is 12.8 Å². The Bertz CT molecular complexity index is 363. The Hall–Kier alpha value is -0.730. The molecule has 1 aliphatic heterocycles. The second kappa shape index (κ2) is 3.44. The van der Waals surface area contributed by atoms with Crippen LogP contribution in [0.2, 0.25) is 5.02 Å². The molecule has 0 fully saturated rings. The number of anilines is 1. The van der Waals surface area contributed by atoms with Crippen LogP contribution in [0.4, 0.5) is 5.69 Å². The molecule has 2 N–H and O–H groups in total. The number of hydrogen-bond donors (Lipinski definition) is 1. The first-order chi connectivity index (χ1) is 6.65. The first-order valence-corrected chi connectivity index (χ1v) is 5.23. The predicted molar refractivity (Wildman–Crippen MR) is 61.3 cm³/mol. The van der Waals surface area contributed by atoms with Crippen LogP contribution in [0, 0.1) is 6.92 Å². The maximum absolute atomic E-state index is 6.20. The summed E-state index contributed by atoms with van der Waals surface area (Å²) in [5, 5.41) is 0.852. The third-order valence-electron chi connectivity index (χ3n) is 2.93. The summed E-state index contributed by atoms with van der Waals surface area (Å²) < 4.78 is 0. The van der Waals surface area contributed by atoms with Gasteiger partial charge in [-0.15, -0.1) is 0 Å². The summed E-state index contributed by atoms with van der Waals surface area (Å²) in [4.78, 5) is 2.24. The zero-order valence-electron chi connectivity index (χ0n) is 8.55. The van der Waals surface area contributed by atoms with E-state index >= 15 is 0 Å². The normalized spacial score (nSPS) is 20.0. The van der Waals surface area contributed by atoms with Crippen LogP contribution in [0.1, 0.15) is 17.0 Å². The highest BCUT2D eigenvalue weighted by Gasteiger charge is 2.28. The van der Waals surface area contributed by atoms with Crippen LogP contribution in [0.3, 0.4) is 0 Å². The van der Waals surface area contributed by atoms with Crippen molar-refractivity contribution in [1.29, 1.82) is 0 Å². The van der Waals surface area contributed by atoms with Crippen molar-refractivity contribution in [3.8, 4) is 0 Å². The minimum absolute atomic E-state index is 0.391. The second-order valence-corrected chi connectivity index (χ2v) is 4.35. The molecule has 0 saturated heterocycles. The second-order valence-electron chi connectivity index (χ2n) is 3.94. The summed E-state index contributed by atoms with van der Waals surface area (Å²) in [5.41, 5.74) is 9.53. The van der Waals surface area contributed by atoms with E-state index in [9.17, 15) is 0 Å². The molecular formula is C11H15ClN2. The van der Waals surface area contributed by atoms with Gasteiger partial charge in [0.1, 0.15) is 0 Å². The zero-order chi connectivity index (χ0) is 10.3. The molecule has 0 saturated carbocycles. The quantitative estimate of drug-likeness (QED) is 0.770. The Kier molecular flexibility index (Phi) is 2.41. The number of fused-ring (bicyclic) bond motifs is 1. The maximum Gasteiger partial charge on any atom is 0.0462 e. The lowest BCUT2D eigenvalue weighted by Gasteiger charge is -2.14. The fraction of sp³-hybridized carbons (Fsp3) is 0.455. The van der Waals surface area contributed by atoms with Gasteiger partial charge in [0.05, 0.1) is 0 Å². The summed E-state index contributed by atoms with van der Waals surface area (Å²) in [6.07, 6.45) is 0. The molecule has 2 nitrogen and oxygen atoms in total. The molecule has 3 heteroatoms. The van der Waals surface area contributed by atoms with Gasteiger partial charge in [0.15, 0.2) is 0 Å². The van der Waals surface area contributed by atoms with Crippen molar-refractivity contribution in [2.75, 3.05) is 25.0 Å². The minimum Gasteiger partial charge on any atom is -0.373 e. The lowest BCUT2D eigenvalue weighted by Crippen LogP contribution is -2.20. The molecule has 1 aliphatic rings. The minimum atomic E-state index is 0.391. The number of benzene rings is 1. The SMILES string of the molecule is Cc1ccc(Cl)c2c1N(C)CC2CN. The highest BCUT2D eigenvalue weighted by atomic mass is 35.5. The summed E-state index contributed by atoms with van der Waals surface area (Å²) >= 11 is 6.20. The average Bonchev–Trinajstić information content (AvgIpc) is 2.50. The van der Waals surface area contributed by atoms with Crippen LogP contribution in [-0.2, 0) is 0 Å². The fourth-order valence-corrected chi connectivity index (χ4v) is 2.60. The number of aryl methyl sites for hydroxylation is 1. The van der Waals surface area contributed by atoms with Gasteiger partial charge in [-0.25, -0.2) is 0 Å². The van der Waals surface area contributed by atoms with E-state index in [1.165, 1.54) is 16.8 Å². The number of nitrogens with two attached hydrogens (primary N) is 1. The molecule has 1 atom stereocenters. The van der Waals surface area contributed by atoms with Crippen molar-refractivity contribution in [1.82, 2.24) is 0 Å². The van der Waals surface area contributed by atoms with E-state index in [0.29, 0.717) is 12.5 Å². The molecule has 1 aromatic rings. The highest BCUT2D eigenvalue weighted by Crippen LogP contribution is 2.41. The van der Waals surface area contributed by atoms with Crippen molar-refractivity contribution in [3.05, 3.63) is 28.3 Å². The van der Waals surface area contributed by atoms with Crippen LogP contribution in [-0.4, -0.2) is 20.1 Å². The molecule has 0 aliphatic carbocycles. The van der Waals surface area contributed by atoms with Gasteiger partial charge in [0.2, 0.25) is 0 Å². The molecule has 1 unspecified atom stereocenters. The standard InChI is InChI=1S/C11H15ClN2/c1-7-3-4-9(12)10-8(5-13)6-14(2)11(7)10/h3-4,8H,5-6,13H2,1-2H3. The molecule has 76 valence electrons. The molecule has 1 heterocycles. The molecule has 1 aromatic carbocycles. The van der Waals surface area contributed by atoms with E-state index in [1.807, 2.05) is 6.07 Å². The zero-order valence-corrected chi connectivity index (χ0v) is 9.30. The molecule has 2 rings (SSSR count). The molecule has 0 aromatic heterocycles. The maximum atomic E-state index is 6.20. The van der Waals surface area contributed by atoms with Crippen LogP contribution in [0.25, 0.3) is 0 Å². The highest BCUT2D eigenvalue weighted by molar-refractivity contribution is 6.32. The van der Waals surface area contributed by atoms with Gasteiger partial charge in [-0.3, -0.25) is 0 Å². The molecule has 0 amide bonds. The smallest absolute Gasteiger partial charge is 0.0462 e. The van der Waals surface area contributed by atoms with Gasteiger partial charge in [-0.05, 0) is 18.6 Å². The summed E-state index contributed by atoms with van der Waals surface area (Å²) in [6, 6.07) is 4.04. The summed E-state index contributed by atoms with van der Waals surface area (Å²) in [6.45, 7) is 3.77. The van der Waals surface area contributed by atoms with Gasteiger partial charge < -0.3 is 10.6 Å². The number of likely N-dealkylation sites (N-methyl/N-ethyl adjacent to an activating group) is 1. The average molecular weight is 211 g/mol. The third-order valence-corrected chi connectivity index (χ3v) is 3.26. The van der Waals surface area contributed by atoms with Crippen LogP contribution < -0.4 is 10.6 Å². The van der Waals surface area contributed by atoms with E-state index in [4.69, 9.17) is 17.3 Å². The first kappa shape index (κ1) is 9.81. The van der Waals surface area contributed by atoms with Crippen molar-refractivity contribution in [2.24, 2.45) is 5.73 Å². The fourth-order valence-electron chi connectivity index (χ4n) is 2.29.